The predicted molar refractivity (Wildman–Crippen MR) is 95.2 cm³/mol. The summed E-state index contributed by atoms with van der Waals surface area (Å²) in [6, 6.07) is 5.29. The molecule has 140 valence electrons. The van der Waals surface area contributed by atoms with Crippen LogP contribution in [0.25, 0.3) is 0 Å². The number of halogens is 2. The molecule has 0 aliphatic carbocycles. The summed E-state index contributed by atoms with van der Waals surface area (Å²) in [5.74, 6) is -0.626. The van der Waals surface area contributed by atoms with Gasteiger partial charge >= 0.3 is 6.09 Å². The van der Waals surface area contributed by atoms with E-state index in [0.29, 0.717) is 36.1 Å². The van der Waals surface area contributed by atoms with Gasteiger partial charge in [-0.05, 0) is 46.5 Å². The quantitative estimate of drug-likeness (QED) is 0.782. The number of nitrogens with one attached hydrogen (secondary N) is 1. The molecule has 3 rings (SSSR count). The zero-order valence-electron chi connectivity index (χ0n) is 14.0. The smallest absolute Gasteiger partial charge is 0.410 e. The van der Waals surface area contributed by atoms with Crippen LogP contribution in [0.5, 0.6) is 0 Å². The molecule has 1 aromatic rings. The fourth-order valence-corrected chi connectivity index (χ4v) is 3.39. The fourth-order valence-electron chi connectivity index (χ4n) is 2.95. The highest BCUT2D eigenvalue weighted by Crippen LogP contribution is 2.20. The van der Waals surface area contributed by atoms with Gasteiger partial charge in [-0.2, -0.15) is 0 Å². The zero-order chi connectivity index (χ0) is 18.5. The molecule has 0 aromatic heterocycles. The number of amides is 2. The minimum atomic E-state index is -0.574. The largest absolute Gasteiger partial charge is 0.445 e. The lowest BCUT2D eigenvalue weighted by molar-refractivity contribution is -0.125. The maximum atomic E-state index is 13.2. The maximum Gasteiger partial charge on any atom is 0.410 e. The lowest BCUT2D eigenvalue weighted by Gasteiger charge is -2.23. The van der Waals surface area contributed by atoms with Gasteiger partial charge in [0.15, 0.2) is 6.10 Å². The third-order valence-electron chi connectivity index (χ3n) is 4.24. The molecular weight excluding hydrogens is 409 g/mol. The lowest BCUT2D eigenvalue weighted by Crippen LogP contribution is -2.47. The van der Waals surface area contributed by atoms with Gasteiger partial charge < -0.3 is 14.9 Å². The maximum absolute atomic E-state index is 13.2. The molecule has 2 heterocycles. The van der Waals surface area contributed by atoms with Gasteiger partial charge in [0, 0.05) is 13.0 Å². The third-order valence-corrected chi connectivity index (χ3v) is 4.71. The van der Waals surface area contributed by atoms with E-state index in [1.54, 1.807) is 12.1 Å². The molecule has 9 heteroatoms. The number of likely N-dealkylation sites (tertiary alicyclic amines) is 1. The average Bonchev–Trinajstić information content (AvgIpc) is 3.26. The van der Waals surface area contributed by atoms with Crippen molar-refractivity contribution in [3.8, 4) is 0 Å². The molecule has 2 aliphatic rings. The van der Waals surface area contributed by atoms with Crippen LogP contribution in [0.3, 0.4) is 0 Å². The Balaban J connectivity index is 1.48. The van der Waals surface area contributed by atoms with Gasteiger partial charge in [0.1, 0.15) is 23.1 Å². The van der Waals surface area contributed by atoms with E-state index in [1.165, 1.54) is 17.0 Å². The summed E-state index contributed by atoms with van der Waals surface area (Å²) in [4.78, 5) is 31.3. The Morgan fingerprint density at radius 3 is 3.04 bits per heavy atom. The number of carbonyl (C=O) groups excluding carboxylic acids is 2. The Morgan fingerprint density at radius 1 is 1.46 bits per heavy atom. The van der Waals surface area contributed by atoms with Crippen molar-refractivity contribution in [3.05, 3.63) is 35.6 Å². The van der Waals surface area contributed by atoms with Crippen LogP contribution in [-0.4, -0.2) is 46.8 Å². The van der Waals surface area contributed by atoms with E-state index in [0.717, 1.165) is 6.42 Å². The van der Waals surface area contributed by atoms with E-state index in [4.69, 9.17) is 9.57 Å². The molecule has 0 radical (unpaired) electrons. The van der Waals surface area contributed by atoms with E-state index in [9.17, 15) is 14.0 Å². The van der Waals surface area contributed by atoms with Crippen LogP contribution in [-0.2, 0) is 21.0 Å². The first kappa shape index (κ1) is 18.6. The van der Waals surface area contributed by atoms with Crippen LogP contribution >= 0.6 is 15.9 Å². The molecule has 1 fully saturated rings. The highest BCUT2D eigenvalue weighted by atomic mass is 79.9. The van der Waals surface area contributed by atoms with E-state index in [2.05, 4.69) is 26.4 Å². The number of rotatable bonds is 5. The predicted octanol–water partition coefficient (Wildman–Crippen LogP) is 2.54. The molecule has 2 amide bonds. The zero-order valence-corrected chi connectivity index (χ0v) is 15.6. The van der Waals surface area contributed by atoms with E-state index < -0.39 is 12.1 Å². The molecule has 2 atom stereocenters. The first-order chi connectivity index (χ1) is 12.5. The van der Waals surface area contributed by atoms with Crippen LogP contribution in [0.1, 0.15) is 24.8 Å². The molecule has 2 aliphatic heterocycles. The van der Waals surface area contributed by atoms with Gasteiger partial charge in [-0.1, -0.05) is 17.3 Å². The average molecular weight is 428 g/mol. The summed E-state index contributed by atoms with van der Waals surface area (Å²) in [6.07, 6.45) is 1.12. The van der Waals surface area contributed by atoms with Crippen molar-refractivity contribution in [2.24, 2.45) is 5.16 Å². The van der Waals surface area contributed by atoms with Crippen molar-refractivity contribution in [2.75, 3.05) is 13.1 Å². The summed E-state index contributed by atoms with van der Waals surface area (Å²) in [5.41, 5.74) is 0.558. The molecule has 26 heavy (non-hydrogen) atoms. The third kappa shape index (κ3) is 4.72. The summed E-state index contributed by atoms with van der Waals surface area (Å²) < 4.78 is 19.1. The number of nitrogens with zero attached hydrogens (tertiary/aromatic N) is 2. The first-order valence-electron chi connectivity index (χ1n) is 8.36. The van der Waals surface area contributed by atoms with Crippen molar-refractivity contribution < 1.29 is 23.6 Å². The number of oxime groups is 1. The van der Waals surface area contributed by atoms with Gasteiger partial charge in [-0.15, -0.1) is 0 Å². The second-order valence-corrected chi connectivity index (χ2v) is 7.10. The summed E-state index contributed by atoms with van der Waals surface area (Å²) in [6.45, 7) is 0.734. The lowest BCUT2D eigenvalue weighted by atomic mass is 10.2. The summed E-state index contributed by atoms with van der Waals surface area (Å²) in [7, 11) is 0. The van der Waals surface area contributed by atoms with Crippen LogP contribution in [0, 0.1) is 5.82 Å². The van der Waals surface area contributed by atoms with E-state index in [-0.39, 0.29) is 24.4 Å². The highest BCUT2D eigenvalue weighted by molar-refractivity contribution is 9.18. The normalized spacial score (nSPS) is 21.9. The molecule has 1 saturated heterocycles. The number of carbonyl (C=O) groups is 2. The second kappa shape index (κ2) is 8.48. The van der Waals surface area contributed by atoms with E-state index in [1.807, 2.05) is 0 Å². The van der Waals surface area contributed by atoms with Crippen LogP contribution in [0.2, 0.25) is 0 Å². The monoisotopic (exact) mass is 427 g/mol. The molecule has 1 aromatic carbocycles. The number of hydrogen-bond donors (Lipinski definition) is 1. The highest BCUT2D eigenvalue weighted by Gasteiger charge is 2.35. The van der Waals surface area contributed by atoms with E-state index >= 15 is 0 Å². The number of hydrogen-bond acceptors (Lipinski definition) is 5. The summed E-state index contributed by atoms with van der Waals surface area (Å²) >= 11 is 3.24. The van der Waals surface area contributed by atoms with Gasteiger partial charge in [0.2, 0.25) is 5.91 Å². The van der Waals surface area contributed by atoms with Crippen molar-refractivity contribution >= 4 is 32.6 Å². The standard InChI is InChI=1S/C17H19BrFN3O4/c18-15-8-13(26-21-15)9-20-16(23)14-5-2-6-22(14)17(24)25-10-11-3-1-4-12(19)7-11/h1,3-4,7,13-14H,2,5-6,8-10H2,(H,20,23)/t13-,14-/m0/s1. The Bertz CT molecular complexity index is 715. The molecule has 7 nitrogen and oxygen atoms in total. The summed E-state index contributed by atoms with van der Waals surface area (Å²) in [5, 5.41) is 6.56. The Labute approximate surface area is 158 Å². The van der Waals surface area contributed by atoms with Crippen molar-refractivity contribution in [2.45, 2.75) is 38.0 Å². The van der Waals surface area contributed by atoms with Crippen molar-refractivity contribution in [1.82, 2.24) is 10.2 Å². The molecule has 0 unspecified atom stereocenters. The molecule has 1 N–H and O–H groups in total. The van der Waals surface area contributed by atoms with Gasteiger partial charge in [-0.25, -0.2) is 9.18 Å². The molecular formula is C17H19BrFN3O4. The Kier molecular flexibility index (Phi) is 6.08. The SMILES string of the molecule is O=C(NC[C@@H]1CC(Br)=NO1)[C@@H]1CCCN1C(=O)OCc1cccc(F)c1. The van der Waals surface area contributed by atoms with Gasteiger partial charge in [-0.3, -0.25) is 9.69 Å². The van der Waals surface area contributed by atoms with Crippen LogP contribution in [0.15, 0.2) is 29.4 Å². The topological polar surface area (TPSA) is 80.2 Å². The van der Waals surface area contributed by atoms with Crippen molar-refractivity contribution in [3.63, 3.8) is 0 Å². The second-order valence-electron chi connectivity index (χ2n) is 6.18. The molecule has 0 spiro atoms. The van der Waals surface area contributed by atoms with Crippen molar-refractivity contribution in [1.29, 1.82) is 0 Å². The fraction of sp³-hybridized carbons (Fsp3) is 0.471. The molecule has 0 saturated carbocycles. The number of benzene rings is 1. The Hall–Kier alpha value is -2.16. The first-order valence-corrected chi connectivity index (χ1v) is 9.16. The van der Waals surface area contributed by atoms with Gasteiger partial charge in [0.25, 0.3) is 0 Å². The Morgan fingerprint density at radius 2 is 2.31 bits per heavy atom. The minimum Gasteiger partial charge on any atom is -0.445 e. The van der Waals surface area contributed by atoms with Crippen LogP contribution < -0.4 is 5.32 Å². The molecule has 0 bridgehead atoms. The van der Waals surface area contributed by atoms with Crippen LogP contribution in [0.4, 0.5) is 9.18 Å². The minimum absolute atomic E-state index is 0.0390. The van der Waals surface area contributed by atoms with Gasteiger partial charge in [0.05, 0.1) is 6.54 Å². The number of ether oxygens (including phenoxy) is 1.